The minimum absolute atomic E-state index is 0. The largest absolute Gasteiger partial charge is 0.461 e. The number of aliphatic hydroxyl groups is 2. The summed E-state index contributed by atoms with van der Waals surface area (Å²) >= 11 is 0. The molecule has 1 aliphatic rings. The van der Waals surface area contributed by atoms with Crippen molar-refractivity contribution >= 4 is 17.5 Å². The summed E-state index contributed by atoms with van der Waals surface area (Å²) in [5.74, 6) is -65.0. The summed E-state index contributed by atoms with van der Waals surface area (Å²) in [6.45, 7) is 2.90. The van der Waals surface area contributed by atoms with Gasteiger partial charge in [0, 0.05) is 32.4 Å². The number of carbonyl (C=O) groups is 3. The highest BCUT2D eigenvalue weighted by atomic mass is 19.5. The zero-order valence-corrected chi connectivity index (χ0v) is 60.5. The predicted octanol–water partition coefficient (Wildman–Crippen LogP) is 24.8. The molecule has 7 nitrogen and oxygen atoms in total. The number of nitrogens with zero attached hydrogens (tertiary/aromatic N) is 1. The monoisotopic (exact) mass is 1790 g/mol. The summed E-state index contributed by atoms with van der Waals surface area (Å²) in [5, 5.41) is 18.8. The second kappa shape index (κ2) is 44.9. The predicted molar refractivity (Wildman–Crippen MR) is 362 cm³/mol. The molecule has 43 heteroatoms. The van der Waals surface area contributed by atoms with E-state index in [0.29, 0.717) is 50.0 Å². The summed E-state index contributed by atoms with van der Waals surface area (Å²) in [5.41, 5.74) is -8.00. The number of aryl methyl sites for hydroxylation is 5. The molecule has 1 aliphatic heterocycles. The van der Waals surface area contributed by atoms with Gasteiger partial charge in [0.15, 0.2) is 0 Å². The Bertz CT molecular complexity index is 3650. The Morgan fingerprint density at radius 2 is 0.487 bits per heavy atom. The third kappa shape index (κ3) is 29.2. The van der Waals surface area contributed by atoms with Gasteiger partial charge in [0.2, 0.25) is 28.7 Å². The molecule has 5 aromatic carbocycles. The molecule has 0 spiro atoms. The summed E-state index contributed by atoms with van der Waals surface area (Å²) in [6, 6.07) is 43.2. The standard InChI is InChI=1S/C17H14F14O.C15H14F10O.C15H21NO2.C14H13F7O.C13H13F5O.2CH4/c18-12(19,14(22,23)16(26,27)28)11(32,13(20,21)15(24,25)17(29,30)31)9-5-4-8-10-6-2-1-3-7-10;16-12(17,14(20,21)22)11(26,13(18,19)15(23,24)25)9-5-4-8-10-6-2-1-3-7-10;17-15(16-10-12-18-13-11-16)9-5-4-8-14-6-2-1-3-7-14;15-12(16,13(17,18)14(19,20)21)11(22)9-5-4-8-10-6-2-1-3-7-10;14-12(15,13(16,17)18)11(19)9-5-4-8-10-6-2-1-3-7-10;;/h1-3,6-7,32H,4-5,8-9H2;1-3,6-7,26H,4-5,8-9H2;1-3,6-7H,4-5,8-13H2;1-3,6-7H,4-5,8-9H2;1-3,6-7H,4-5,8-9H2;2*1H4. The fraction of sp³-hybridized carbons (Fsp3) is 0.566. The van der Waals surface area contributed by atoms with E-state index in [2.05, 4.69) is 24.3 Å². The first-order valence-corrected chi connectivity index (χ1v) is 34.6. The molecule has 0 bridgehead atoms. The topological polar surface area (TPSA) is 104 Å². The zero-order valence-electron chi connectivity index (χ0n) is 60.5. The Hall–Kier alpha value is -7.73. The molecule has 119 heavy (non-hydrogen) atoms. The molecular formula is C76H83F36NO6. The molecular weight excluding hydrogens is 1710 g/mol. The maximum Gasteiger partial charge on any atom is 0.461 e. The van der Waals surface area contributed by atoms with Crippen LogP contribution in [0.15, 0.2) is 152 Å². The molecule has 2 N–H and O–H groups in total. The lowest BCUT2D eigenvalue weighted by molar-refractivity contribution is -0.450. The number of halogens is 36. The second-order valence-corrected chi connectivity index (χ2v) is 26.2. The fourth-order valence-electron chi connectivity index (χ4n) is 10.6. The van der Waals surface area contributed by atoms with E-state index in [-0.39, 0.29) is 59.3 Å². The molecule has 0 aromatic heterocycles. The van der Waals surface area contributed by atoms with Gasteiger partial charge in [0.05, 0.1) is 13.2 Å². The van der Waals surface area contributed by atoms with Crippen LogP contribution in [0.2, 0.25) is 0 Å². The van der Waals surface area contributed by atoms with Gasteiger partial charge in [-0.25, -0.2) is 0 Å². The van der Waals surface area contributed by atoms with Gasteiger partial charge in [-0.3, -0.25) is 14.4 Å². The quantitative estimate of drug-likeness (QED) is 0.0314. The van der Waals surface area contributed by atoms with Crippen LogP contribution in [-0.2, 0) is 51.2 Å². The van der Waals surface area contributed by atoms with Crippen LogP contribution < -0.4 is 0 Å². The minimum atomic E-state index is -7.58. The van der Waals surface area contributed by atoms with E-state index in [4.69, 9.17) is 4.74 Å². The van der Waals surface area contributed by atoms with Crippen molar-refractivity contribution in [1.82, 2.24) is 4.90 Å². The van der Waals surface area contributed by atoms with E-state index in [1.807, 2.05) is 29.2 Å². The highest BCUT2D eigenvalue weighted by molar-refractivity contribution is 5.87. The van der Waals surface area contributed by atoms with Gasteiger partial charge in [0.1, 0.15) is 0 Å². The lowest BCUT2D eigenvalue weighted by Gasteiger charge is -2.46. The van der Waals surface area contributed by atoms with Gasteiger partial charge in [0.25, 0.3) is 0 Å². The van der Waals surface area contributed by atoms with Gasteiger partial charge in [-0.1, -0.05) is 167 Å². The maximum atomic E-state index is 14.0. The van der Waals surface area contributed by atoms with Gasteiger partial charge in [-0.2, -0.15) is 158 Å². The molecule has 0 atom stereocenters. The fourth-order valence-corrected chi connectivity index (χ4v) is 10.6. The molecule has 1 fully saturated rings. The summed E-state index contributed by atoms with van der Waals surface area (Å²) in [6.07, 6.45) is -45.3. The molecule has 1 amide bonds. The Morgan fingerprint density at radius 1 is 0.269 bits per heavy atom. The number of amides is 1. The van der Waals surface area contributed by atoms with Crippen molar-refractivity contribution in [3.63, 3.8) is 0 Å². The highest BCUT2D eigenvalue weighted by Gasteiger charge is 2.91. The normalized spacial score (nSPS) is 14.1. The van der Waals surface area contributed by atoms with E-state index in [1.54, 1.807) is 72.8 Å². The average Bonchev–Trinajstić information content (AvgIpc) is 0.700. The zero-order chi connectivity index (χ0) is 90.1. The van der Waals surface area contributed by atoms with Crippen molar-refractivity contribution in [1.29, 1.82) is 0 Å². The van der Waals surface area contributed by atoms with Gasteiger partial charge < -0.3 is 19.8 Å². The van der Waals surface area contributed by atoms with E-state index in [9.17, 15) is 183 Å². The van der Waals surface area contributed by atoms with Gasteiger partial charge in [-0.05, 0) is 137 Å². The molecule has 0 saturated carbocycles. The molecule has 0 radical (unpaired) electrons. The van der Waals surface area contributed by atoms with Crippen LogP contribution in [0, 0.1) is 0 Å². The van der Waals surface area contributed by atoms with Crippen molar-refractivity contribution in [2.75, 3.05) is 26.3 Å². The first-order valence-electron chi connectivity index (χ1n) is 34.6. The number of carbonyl (C=O) groups excluding carboxylic acids is 3. The Kier molecular flexibility index (Phi) is 42.0. The Balaban J connectivity index is 0.00000148. The minimum Gasteiger partial charge on any atom is -0.378 e. The van der Waals surface area contributed by atoms with Crippen molar-refractivity contribution in [2.45, 2.75) is 245 Å². The third-order valence-corrected chi connectivity index (χ3v) is 17.5. The van der Waals surface area contributed by atoms with Gasteiger partial charge in [-0.15, -0.1) is 0 Å². The average molecular weight is 1790 g/mol. The van der Waals surface area contributed by atoms with Crippen LogP contribution >= 0.6 is 0 Å². The SMILES string of the molecule is C.C.O=C(CCCCc1ccccc1)C(F)(F)C(F)(F)C(F)(F)F.O=C(CCCCc1ccccc1)C(F)(F)C(F)(F)F.O=C(CCCCc1ccccc1)N1CCOCC1.OC(CCCCc1ccccc1)(C(F)(F)C(F)(F)C(F)(F)F)C(F)(F)C(F)(F)C(F)(F)F.OC(CCCCc1ccccc1)(C(F)(F)C(F)(F)F)C(F)(F)C(F)(F)F. The first kappa shape index (κ1) is 111. The van der Waals surface area contributed by atoms with Crippen molar-refractivity contribution < 1.29 is 187 Å². The lowest BCUT2D eigenvalue weighted by atomic mass is 9.77. The van der Waals surface area contributed by atoms with Crippen LogP contribution in [0.3, 0.4) is 0 Å². The molecule has 680 valence electrons. The van der Waals surface area contributed by atoms with E-state index < -0.39 is 158 Å². The van der Waals surface area contributed by atoms with Crippen molar-refractivity contribution in [3.8, 4) is 0 Å². The maximum absolute atomic E-state index is 14.0. The van der Waals surface area contributed by atoms with Crippen LogP contribution in [-0.4, -0.2) is 160 Å². The van der Waals surface area contributed by atoms with E-state index in [1.165, 1.54) is 35.9 Å². The molecule has 0 aliphatic carbocycles. The number of Topliss-reactive ketones (excluding diaryl/α,β-unsaturated/α-hetero) is 2. The highest BCUT2D eigenvalue weighted by Crippen LogP contribution is 2.62. The number of ether oxygens (including phenoxy) is 1. The number of hydrogen-bond donors (Lipinski definition) is 2. The molecule has 5 aromatic rings. The van der Waals surface area contributed by atoms with Crippen LogP contribution in [0.1, 0.15) is 139 Å². The number of morpholine rings is 1. The van der Waals surface area contributed by atoms with Gasteiger partial charge >= 0.3 is 90.4 Å². The molecule has 0 unspecified atom stereocenters. The van der Waals surface area contributed by atoms with Crippen LogP contribution in [0.4, 0.5) is 158 Å². The van der Waals surface area contributed by atoms with E-state index >= 15 is 0 Å². The van der Waals surface area contributed by atoms with Crippen LogP contribution in [0.5, 0.6) is 0 Å². The molecule has 1 saturated heterocycles. The Morgan fingerprint density at radius 3 is 0.723 bits per heavy atom. The van der Waals surface area contributed by atoms with Crippen LogP contribution in [0.25, 0.3) is 0 Å². The third-order valence-electron chi connectivity index (χ3n) is 17.5. The van der Waals surface area contributed by atoms with E-state index in [0.717, 1.165) is 43.5 Å². The molecule has 1 heterocycles. The number of ketones is 2. The smallest absolute Gasteiger partial charge is 0.378 e. The number of benzene rings is 5. The molecule has 6 rings (SSSR count). The van der Waals surface area contributed by atoms with Crippen molar-refractivity contribution in [2.24, 2.45) is 0 Å². The summed E-state index contributed by atoms with van der Waals surface area (Å²) < 4.78 is 465. The first-order chi connectivity index (χ1) is 53.3. The van der Waals surface area contributed by atoms with Crippen molar-refractivity contribution in [3.05, 3.63) is 179 Å². The number of alkyl halides is 36. The Labute approximate surface area is 658 Å². The lowest BCUT2D eigenvalue weighted by Crippen LogP contribution is -2.75. The number of rotatable bonds is 34. The number of hydrogen-bond acceptors (Lipinski definition) is 6. The summed E-state index contributed by atoms with van der Waals surface area (Å²) in [7, 11) is 0. The second-order valence-electron chi connectivity index (χ2n) is 26.2. The summed E-state index contributed by atoms with van der Waals surface area (Å²) in [4.78, 5) is 35.7. The number of unbranched alkanes of at least 4 members (excludes halogenated alkanes) is 5.